The molecule has 1 N–H and O–H groups in total. The van der Waals surface area contributed by atoms with Gasteiger partial charge < -0.3 is 14.5 Å². The van der Waals surface area contributed by atoms with E-state index in [1.807, 2.05) is 0 Å². The highest BCUT2D eigenvalue weighted by Crippen LogP contribution is 2.26. The molecule has 0 saturated carbocycles. The molecule has 0 aromatic carbocycles. The second-order valence-electron chi connectivity index (χ2n) is 5.17. The van der Waals surface area contributed by atoms with Crippen molar-refractivity contribution in [1.29, 1.82) is 0 Å². The molecule has 17 heavy (non-hydrogen) atoms. The fourth-order valence-electron chi connectivity index (χ4n) is 2.24. The van der Waals surface area contributed by atoms with E-state index in [-0.39, 0.29) is 0 Å². The van der Waals surface area contributed by atoms with Crippen LogP contribution in [0.4, 0.5) is 0 Å². The lowest BCUT2D eigenvalue weighted by Crippen LogP contribution is -2.28. The van der Waals surface area contributed by atoms with Crippen molar-refractivity contribution in [3.63, 3.8) is 0 Å². The number of aromatic nitrogens is 2. The maximum atomic E-state index is 9.26. The number of likely N-dealkylation sites (tertiary alicyclic amines) is 1. The van der Waals surface area contributed by atoms with E-state index < -0.39 is 6.10 Å². The van der Waals surface area contributed by atoms with Crippen molar-refractivity contribution in [1.82, 2.24) is 15.0 Å². The van der Waals surface area contributed by atoms with Crippen molar-refractivity contribution >= 4 is 0 Å². The van der Waals surface area contributed by atoms with Gasteiger partial charge in [-0.2, -0.15) is 4.98 Å². The van der Waals surface area contributed by atoms with Gasteiger partial charge in [0.25, 0.3) is 0 Å². The Labute approximate surface area is 102 Å². The average Bonchev–Trinajstić information content (AvgIpc) is 2.83. The van der Waals surface area contributed by atoms with Crippen molar-refractivity contribution in [3.8, 4) is 0 Å². The molecule has 2 atom stereocenters. The molecule has 1 fully saturated rings. The largest absolute Gasteiger partial charge is 0.393 e. The van der Waals surface area contributed by atoms with E-state index >= 15 is 0 Å². The molecule has 1 aliphatic heterocycles. The van der Waals surface area contributed by atoms with Crippen LogP contribution in [0.15, 0.2) is 4.52 Å². The minimum Gasteiger partial charge on any atom is -0.393 e. The lowest BCUT2D eigenvalue weighted by Gasteiger charge is -2.19. The average molecular weight is 239 g/mol. The number of hydrogen-bond acceptors (Lipinski definition) is 5. The summed E-state index contributed by atoms with van der Waals surface area (Å²) >= 11 is 0. The molecule has 1 aliphatic rings. The number of nitrogens with zero attached hydrogens (tertiary/aromatic N) is 3. The lowest BCUT2D eigenvalue weighted by molar-refractivity contribution is 0.181. The molecule has 0 aliphatic carbocycles. The maximum absolute atomic E-state index is 9.26. The molecule has 5 heteroatoms. The summed E-state index contributed by atoms with van der Waals surface area (Å²) in [4.78, 5) is 6.79. The van der Waals surface area contributed by atoms with E-state index in [4.69, 9.17) is 4.52 Å². The topological polar surface area (TPSA) is 62.4 Å². The summed E-state index contributed by atoms with van der Waals surface area (Å²) in [5.74, 6) is 1.71. The smallest absolute Gasteiger partial charge is 0.229 e. The third-order valence-corrected chi connectivity index (χ3v) is 3.27. The highest BCUT2D eigenvalue weighted by Gasteiger charge is 2.28. The van der Waals surface area contributed by atoms with Crippen LogP contribution in [0.3, 0.4) is 0 Å². The summed E-state index contributed by atoms with van der Waals surface area (Å²) in [7, 11) is 0. The summed E-state index contributed by atoms with van der Waals surface area (Å²) in [5, 5.41) is 13.3. The van der Waals surface area contributed by atoms with Crippen LogP contribution in [-0.2, 0) is 6.42 Å². The highest BCUT2D eigenvalue weighted by atomic mass is 16.5. The number of rotatable bonds is 4. The lowest BCUT2D eigenvalue weighted by atomic mass is 10.1. The zero-order chi connectivity index (χ0) is 12.4. The number of hydrogen-bond donors (Lipinski definition) is 1. The molecule has 0 bridgehead atoms. The third kappa shape index (κ3) is 3.04. The summed E-state index contributed by atoms with van der Waals surface area (Å²) in [6.45, 7) is 8.24. The maximum Gasteiger partial charge on any atom is 0.229 e. The Morgan fingerprint density at radius 2 is 2.24 bits per heavy atom. The predicted molar refractivity (Wildman–Crippen MR) is 63.7 cm³/mol. The summed E-state index contributed by atoms with van der Waals surface area (Å²) in [5.41, 5.74) is 0. The molecule has 2 heterocycles. The number of aliphatic hydroxyl groups is 1. The fraction of sp³-hybridized carbons (Fsp3) is 0.833. The first kappa shape index (κ1) is 12.5. The first-order valence-corrected chi connectivity index (χ1v) is 6.31. The van der Waals surface area contributed by atoms with E-state index in [1.165, 1.54) is 0 Å². The van der Waals surface area contributed by atoms with Crippen molar-refractivity contribution in [2.45, 2.75) is 51.7 Å². The normalized spacial score (nSPS) is 23.5. The Morgan fingerprint density at radius 3 is 2.82 bits per heavy atom. The van der Waals surface area contributed by atoms with Crippen LogP contribution in [0.5, 0.6) is 0 Å². The van der Waals surface area contributed by atoms with Gasteiger partial charge in [-0.3, -0.25) is 0 Å². The van der Waals surface area contributed by atoms with Crippen molar-refractivity contribution < 1.29 is 9.63 Å². The first-order valence-electron chi connectivity index (χ1n) is 6.31. The van der Waals surface area contributed by atoms with Crippen molar-refractivity contribution in [2.24, 2.45) is 0 Å². The molecule has 96 valence electrons. The molecule has 0 radical (unpaired) electrons. The fourth-order valence-corrected chi connectivity index (χ4v) is 2.24. The zero-order valence-electron chi connectivity index (χ0n) is 10.8. The first-order chi connectivity index (χ1) is 8.06. The molecule has 2 unspecified atom stereocenters. The van der Waals surface area contributed by atoms with Crippen LogP contribution in [0, 0.1) is 0 Å². The van der Waals surface area contributed by atoms with Crippen LogP contribution >= 0.6 is 0 Å². The van der Waals surface area contributed by atoms with Gasteiger partial charge in [-0.05, 0) is 33.7 Å². The highest BCUT2D eigenvalue weighted by molar-refractivity contribution is 5.01. The minimum atomic E-state index is -0.431. The van der Waals surface area contributed by atoms with Gasteiger partial charge in [-0.1, -0.05) is 5.16 Å². The Kier molecular flexibility index (Phi) is 3.79. The summed E-state index contributed by atoms with van der Waals surface area (Å²) < 4.78 is 5.14. The molecule has 0 amide bonds. The van der Waals surface area contributed by atoms with Crippen LogP contribution in [-0.4, -0.2) is 45.4 Å². The second kappa shape index (κ2) is 5.14. The van der Waals surface area contributed by atoms with Crippen LogP contribution in [0.25, 0.3) is 0 Å². The van der Waals surface area contributed by atoms with Gasteiger partial charge in [0.05, 0.1) is 12.5 Å². The Balaban J connectivity index is 1.97. The molecular weight excluding hydrogens is 218 g/mol. The van der Waals surface area contributed by atoms with E-state index in [2.05, 4.69) is 28.9 Å². The molecule has 5 nitrogen and oxygen atoms in total. The number of aliphatic hydroxyl groups excluding tert-OH is 1. The van der Waals surface area contributed by atoms with Crippen LogP contribution in [0.2, 0.25) is 0 Å². The Hall–Kier alpha value is -0.940. The van der Waals surface area contributed by atoms with Gasteiger partial charge in [-0.25, -0.2) is 0 Å². The van der Waals surface area contributed by atoms with Crippen LogP contribution < -0.4 is 0 Å². The second-order valence-corrected chi connectivity index (χ2v) is 5.17. The van der Waals surface area contributed by atoms with Gasteiger partial charge >= 0.3 is 0 Å². The molecule has 1 aromatic rings. The Morgan fingerprint density at radius 1 is 1.47 bits per heavy atom. The molecule has 2 rings (SSSR count). The standard InChI is InChI=1S/C12H21N3O2/c1-8(2)15-5-4-10(7-15)12-13-11(17-14-12)6-9(3)16/h8-10,16H,4-7H2,1-3H3. The summed E-state index contributed by atoms with van der Waals surface area (Å²) in [6, 6.07) is 0.573. The zero-order valence-corrected chi connectivity index (χ0v) is 10.8. The molecule has 1 aromatic heterocycles. The van der Waals surface area contributed by atoms with E-state index in [1.54, 1.807) is 6.92 Å². The monoisotopic (exact) mass is 239 g/mol. The third-order valence-electron chi connectivity index (χ3n) is 3.27. The molecule has 1 saturated heterocycles. The van der Waals surface area contributed by atoms with Crippen molar-refractivity contribution in [3.05, 3.63) is 11.7 Å². The van der Waals surface area contributed by atoms with Gasteiger partial charge in [0.1, 0.15) is 0 Å². The van der Waals surface area contributed by atoms with Crippen LogP contribution in [0.1, 0.15) is 44.8 Å². The van der Waals surface area contributed by atoms with Crippen molar-refractivity contribution in [2.75, 3.05) is 13.1 Å². The summed E-state index contributed by atoms with van der Waals surface area (Å²) in [6.07, 6.45) is 1.10. The van der Waals surface area contributed by atoms with Gasteiger partial charge in [0.2, 0.25) is 5.89 Å². The predicted octanol–water partition coefficient (Wildman–Crippen LogP) is 1.19. The molecule has 0 spiro atoms. The van der Waals surface area contributed by atoms with Gasteiger partial charge in [0.15, 0.2) is 5.82 Å². The molecular formula is C12H21N3O2. The van der Waals surface area contributed by atoms with E-state index in [0.29, 0.717) is 24.3 Å². The van der Waals surface area contributed by atoms with E-state index in [9.17, 15) is 5.11 Å². The van der Waals surface area contributed by atoms with Gasteiger partial charge in [-0.15, -0.1) is 0 Å². The van der Waals surface area contributed by atoms with Gasteiger partial charge in [0, 0.05) is 18.5 Å². The van der Waals surface area contributed by atoms with E-state index in [0.717, 1.165) is 25.3 Å². The quantitative estimate of drug-likeness (QED) is 0.855. The SMILES string of the molecule is CC(O)Cc1nc(C2CCN(C(C)C)C2)no1. The Bertz CT molecular complexity index is 362. The minimum absolute atomic E-state index is 0.379.